The van der Waals surface area contributed by atoms with Crippen LogP contribution in [0, 0.1) is 0 Å². The first-order chi connectivity index (χ1) is 10.9. The number of aromatic hydroxyl groups is 1. The van der Waals surface area contributed by atoms with Gasteiger partial charge in [-0.3, -0.25) is 0 Å². The predicted molar refractivity (Wildman–Crippen MR) is 103 cm³/mol. The third kappa shape index (κ3) is 5.10. The zero-order valence-electron chi connectivity index (χ0n) is 16.4. The van der Waals surface area contributed by atoms with Gasteiger partial charge in [0.1, 0.15) is 5.75 Å². The Balaban J connectivity index is 0.00000312. The molecular formula is C21H34CoN2O. The van der Waals surface area contributed by atoms with Crippen molar-refractivity contribution in [2.24, 2.45) is 11.5 Å². The molecule has 25 heavy (non-hydrogen) atoms. The summed E-state index contributed by atoms with van der Waals surface area (Å²) in [6.45, 7) is 13.0. The second kappa shape index (κ2) is 7.83. The number of phenolic OH excluding ortho intramolecular Hbond substituents is 1. The van der Waals surface area contributed by atoms with Gasteiger partial charge < -0.3 is 16.6 Å². The quantitative estimate of drug-likeness (QED) is 0.674. The van der Waals surface area contributed by atoms with E-state index in [0.717, 1.165) is 36.0 Å². The summed E-state index contributed by atoms with van der Waals surface area (Å²) in [5.41, 5.74) is 16.5. The Labute approximate surface area is 163 Å². The third-order valence-corrected chi connectivity index (χ3v) is 5.05. The molecule has 1 aromatic carbocycles. The topological polar surface area (TPSA) is 72.3 Å². The van der Waals surface area contributed by atoms with Crippen molar-refractivity contribution in [2.75, 3.05) is 0 Å². The van der Waals surface area contributed by atoms with Crippen molar-refractivity contribution in [1.82, 2.24) is 0 Å². The normalized spacial score (nSPS) is 23.4. The van der Waals surface area contributed by atoms with E-state index in [1.807, 2.05) is 0 Å². The van der Waals surface area contributed by atoms with E-state index in [1.165, 1.54) is 5.56 Å². The van der Waals surface area contributed by atoms with E-state index in [9.17, 15) is 5.11 Å². The average molecular weight is 389 g/mol. The maximum Gasteiger partial charge on any atom is 0.126 e. The van der Waals surface area contributed by atoms with Crippen molar-refractivity contribution in [3.63, 3.8) is 0 Å². The van der Waals surface area contributed by atoms with E-state index in [4.69, 9.17) is 11.5 Å². The molecule has 2 unspecified atom stereocenters. The molecule has 143 valence electrons. The molecule has 1 radical (unpaired) electrons. The smallest absolute Gasteiger partial charge is 0.126 e. The molecular weight excluding hydrogens is 355 g/mol. The van der Waals surface area contributed by atoms with Crippen molar-refractivity contribution in [1.29, 1.82) is 0 Å². The number of hydrogen-bond donors (Lipinski definition) is 3. The minimum Gasteiger partial charge on any atom is -0.507 e. The molecule has 0 amide bonds. The maximum atomic E-state index is 10.9. The number of nitrogens with two attached hydrogens (primary N) is 2. The van der Waals surface area contributed by atoms with Crippen LogP contribution in [0.4, 0.5) is 0 Å². The Morgan fingerprint density at radius 3 is 2.16 bits per heavy atom. The predicted octanol–water partition coefficient (Wildman–Crippen LogP) is 4.21. The molecule has 2 atom stereocenters. The van der Waals surface area contributed by atoms with Gasteiger partial charge >= 0.3 is 0 Å². The molecule has 1 fully saturated rings. The van der Waals surface area contributed by atoms with E-state index >= 15 is 0 Å². The summed E-state index contributed by atoms with van der Waals surface area (Å²) in [6.07, 6.45) is 5.06. The first-order valence-corrected chi connectivity index (χ1v) is 9.01. The van der Waals surface area contributed by atoms with Gasteiger partial charge in [0.25, 0.3) is 0 Å². The molecule has 0 spiro atoms. The van der Waals surface area contributed by atoms with Gasteiger partial charge in [0.05, 0.1) is 0 Å². The molecule has 0 heterocycles. The first-order valence-electron chi connectivity index (χ1n) is 9.01. The minimum absolute atomic E-state index is 0. The maximum absolute atomic E-state index is 10.9. The molecule has 1 aliphatic rings. The third-order valence-electron chi connectivity index (χ3n) is 5.05. The molecule has 1 saturated carbocycles. The van der Waals surface area contributed by atoms with E-state index in [0.29, 0.717) is 5.75 Å². The first kappa shape index (κ1) is 22.2. The SMILES string of the molecule is CC(C)(C)c1cc(C=C2CCCC(N)C2N)c(O)c(C(C)(C)C)c1.[Co]. The Kier molecular flexibility index (Phi) is 6.96. The number of hydrogen-bond acceptors (Lipinski definition) is 3. The van der Waals surface area contributed by atoms with Gasteiger partial charge in [-0.05, 0) is 41.7 Å². The Morgan fingerprint density at radius 1 is 1.04 bits per heavy atom. The molecule has 3 nitrogen and oxygen atoms in total. The van der Waals surface area contributed by atoms with Crippen LogP contribution < -0.4 is 11.5 Å². The van der Waals surface area contributed by atoms with Crippen LogP contribution in [0.1, 0.15) is 77.5 Å². The Hall–Kier alpha value is -0.814. The summed E-state index contributed by atoms with van der Waals surface area (Å²) in [6, 6.07) is 4.14. The van der Waals surface area contributed by atoms with Crippen LogP contribution >= 0.6 is 0 Å². The van der Waals surface area contributed by atoms with E-state index in [-0.39, 0.29) is 39.7 Å². The second-order valence-corrected chi connectivity index (χ2v) is 9.26. The van der Waals surface area contributed by atoms with Crippen LogP contribution in [-0.4, -0.2) is 17.2 Å². The van der Waals surface area contributed by atoms with Crippen LogP contribution in [0.25, 0.3) is 6.08 Å². The van der Waals surface area contributed by atoms with Gasteiger partial charge in [0, 0.05) is 40.0 Å². The zero-order valence-corrected chi connectivity index (χ0v) is 17.5. The molecule has 2 rings (SSSR count). The van der Waals surface area contributed by atoms with Crippen molar-refractivity contribution in [3.05, 3.63) is 34.4 Å². The van der Waals surface area contributed by atoms with Gasteiger partial charge in [-0.25, -0.2) is 0 Å². The summed E-state index contributed by atoms with van der Waals surface area (Å²) in [5.74, 6) is 0.370. The van der Waals surface area contributed by atoms with Gasteiger partial charge in [-0.1, -0.05) is 59.3 Å². The fourth-order valence-electron chi connectivity index (χ4n) is 3.30. The average Bonchev–Trinajstić information content (AvgIpc) is 2.43. The van der Waals surface area contributed by atoms with Crippen molar-refractivity contribution < 1.29 is 21.9 Å². The summed E-state index contributed by atoms with van der Waals surface area (Å²) >= 11 is 0. The van der Waals surface area contributed by atoms with Gasteiger partial charge in [0.15, 0.2) is 0 Å². The largest absolute Gasteiger partial charge is 0.507 e. The van der Waals surface area contributed by atoms with Crippen LogP contribution in [0.3, 0.4) is 0 Å². The van der Waals surface area contributed by atoms with E-state index < -0.39 is 0 Å². The Bertz CT molecular complexity index is 639. The van der Waals surface area contributed by atoms with Crippen LogP contribution in [0.2, 0.25) is 0 Å². The summed E-state index contributed by atoms with van der Waals surface area (Å²) < 4.78 is 0. The van der Waals surface area contributed by atoms with E-state index in [1.54, 1.807) is 0 Å². The van der Waals surface area contributed by atoms with Crippen molar-refractivity contribution >= 4 is 6.08 Å². The van der Waals surface area contributed by atoms with Crippen molar-refractivity contribution in [2.45, 2.75) is 83.7 Å². The number of rotatable bonds is 1. The summed E-state index contributed by atoms with van der Waals surface area (Å²) in [5, 5.41) is 10.9. The van der Waals surface area contributed by atoms with Gasteiger partial charge in [-0.15, -0.1) is 0 Å². The standard InChI is InChI=1S/C21H34N2O.Co/c1-20(2,3)15-11-14(19(24)16(12-15)21(4,5)6)10-13-8-7-9-17(22)18(13)23;/h10-12,17-18,24H,7-9,22-23H2,1-6H3;. The number of benzene rings is 1. The molecule has 1 aromatic rings. The fourth-order valence-corrected chi connectivity index (χ4v) is 3.30. The molecule has 0 aliphatic heterocycles. The minimum atomic E-state index is -0.121. The Morgan fingerprint density at radius 2 is 1.64 bits per heavy atom. The molecule has 0 bridgehead atoms. The second-order valence-electron chi connectivity index (χ2n) is 9.26. The molecule has 4 heteroatoms. The fraction of sp³-hybridized carbons (Fsp3) is 0.619. The van der Waals surface area contributed by atoms with Crippen LogP contribution in [0.5, 0.6) is 5.75 Å². The summed E-state index contributed by atoms with van der Waals surface area (Å²) in [7, 11) is 0. The molecule has 0 aromatic heterocycles. The van der Waals surface area contributed by atoms with Gasteiger partial charge in [0.2, 0.25) is 0 Å². The molecule has 0 saturated heterocycles. The number of phenols is 1. The van der Waals surface area contributed by atoms with Crippen LogP contribution in [-0.2, 0) is 27.6 Å². The monoisotopic (exact) mass is 389 g/mol. The van der Waals surface area contributed by atoms with Gasteiger partial charge in [-0.2, -0.15) is 0 Å². The van der Waals surface area contributed by atoms with Crippen molar-refractivity contribution in [3.8, 4) is 5.75 Å². The van der Waals surface area contributed by atoms with Crippen LogP contribution in [0.15, 0.2) is 17.7 Å². The van der Waals surface area contributed by atoms with E-state index in [2.05, 4.69) is 59.8 Å². The summed E-state index contributed by atoms with van der Waals surface area (Å²) in [4.78, 5) is 0. The molecule has 1 aliphatic carbocycles. The molecule has 5 N–H and O–H groups in total. The zero-order chi connectivity index (χ0) is 18.3.